The fourth-order valence-corrected chi connectivity index (χ4v) is 7.74. The molecule has 0 spiro atoms. The summed E-state index contributed by atoms with van der Waals surface area (Å²) in [5.74, 6) is 0. The molecule has 0 unspecified atom stereocenters. The Morgan fingerprint density at radius 1 is 0.905 bits per heavy atom. The molecule has 1 saturated heterocycles. The topological polar surface area (TPSA) is 75.7 Å². The molecule has 0 N–H and O–H groups in total. The van der Waals surface area contributed by atoms with Gasteiger partial charge in [0, 0.05) is 25.8 Å². The lowest BCUT2D eigenvalue weighted by Crippen LogP contribution is -2.64. The lowest BCUT2D eigenvalue weighted by molar-refractivity contribution is -0.172. The van der Waals surface area contributed by atoms with Crippen molar-refractivity contribution in [2.75, 3.05) is 45.9 Å². The molecule has 0 radical (unpaired) electrons. The Labute approximate surface area is 257 Å². The maximum Gasteiger partial charge on any atom is 0.356 e. The second-order valence-electron chi connectivity index (χ2n) is 12.7. The molecule has 8 nitrogen and oxygen atoms in total. The number of hydrogen-bond acceptors (Lipinski definition) is 8. The highest BCUT2D eigenvalue weighted by atomic mass is 31.2. The fourth-order valence-electron chi connectivity index (χ4n) is 5.05. The highest BCUT2D eigenvalue weighted by Crippen LogP contribution is 2.49. The first-order valence-electron chi connectivity index (χ1n) is 16.0. The summed E-state index contributed by atoms with van der Waals surface area (Å²) in [7, 11) is -5.59. The van der Waals surface area contributed by atoms with Crippen LogP contribution in [0.25, 0.3) is 0 Å². The minimum atomic E-state index is -3.41. The van der Waals surface area contributed by atoms with Gasteiger partial charge in [0.2, 0.25) is 0 Å². The third-order valence-corrected chi connectivity index (χ3v) is 14.7. The molecule has 0 aromatic heterocycles. The number of hydrogen-bond donors (Lipinski definition) is 0. The van der Waals surface area contributed by atoms with E-state index < -0.39 is 22.0 Å². The summed E-state index contributed by atoms with van der Waals surface area (Å²) >= 11 is 0. The highest BCUT2D eigenvalue weighted by Gasteiger charge is 2.49. The van der Waals surface area contributed by atoms with Gasteiger partial charge < -0.3 is 27.7 Å². The van der Waals surface area contributed by atoms with Crippen molar-refractivity contribution in [2.24, 2.45) is 0 Å². The highest BCUT2D eigenvalue weighted by molar-refractivity contribution is 7.53. The maximum absolute atomic E-state index is 13.4. The van der Waals surface area contributed by atoms with Crippen molar-refractivity contribution in [3.8, 4) is 0 Å². The monoisotopic (exact) mass is 629 g/mol. The number of likely N-dealkylation sites (tertiary alicyclic amines) is 1. The Kier molecular flexibility index (Phi) is 16.4. The van der Waals surface area contributed by atoms with Crippen LogP contribution in [0.5, 0.6) is 0 Å². The number of ether oxygens (including phenoxy) is 3. The van der Waals surface area contributed by atoms with E-state index in [1.807, 2.05) is 39.0 Å². The van der Waals surface area contributed by atoms with Crippen LogP contribution in [0.15, 0.2) is 30.3 Å². The molecule has 42 heavy (non-hydrogen) atoms. The number of unbranched alkanes of at least 4 members (excludes halogenated alkanes) is 3. The molecule has 1 aromatic rings. The zero-order valence-corrected chi connectivity index (χ0v) is 29.8. The third-order valence-electron chi connectivity index (χ3n) is 8.46. The Morgan fingerprint density at radius 3 is 2.14 bits per heavy atom. The summed E-state index contributed by atoms with van der Waals surface area (Å²) in [6, 6.07) is 10.3. The second-order valence-corrected chi connectivity index (χ2v) is 19.5. The molecule has 4 atom stereocenters. The van der Waals surface area contributed by atoms with Gasteiger partial charge in [0.25, 0.3) is 0 Å². The lowest BCUT2D eigenvalue weighted by atomic mass is 9.94. The van der Waals surface area contributed by atoms with Gasteiger partial charge in [-0.15, -0.1) is 0 Å². The molecule has 0 bridgehead atoms. The first kappa shape index (κ1) is 37.6. The fraction of sp³-hybridized carbons (Fsp3) is 0.812. The van der Waals surface area contributed by atoms with Crippen LogP contribution >= 0.6 is 7.60 Å². The van der Waals surface area contributed by atoms with Gasteiger partial charge in [-0.3, -0.25) is 9.46 Å². The normalized spacial score (nSPS) is 22.5. The summed E-state index contributed by atoms with van der Waals surface area (Å²) in [4.78, 5) is 2.50. The van der Waals surface area contributed by atoms with Crippen molar-refractivity contribution in [3.05, 3.63) is 35.9 Å². The molecule has 244 valence electrons. The number of rotatable bonds is 20. The number of benzene rings is 1. The van der Waals surface area contributed by atoms with Gasteiger partial charge in [-0.05, 0) is 70.8 Å². The first-order chi connectivity index (χ1) is 19.9. The SMILES string of the molecule is CCOCCCCCCN1C[C@H](O[Si](C)(C)C(C)(C)C)[C@@H](OCP(=O)(OCC)OCC)[C@@H](OCc2ccccc2)[C@H]1C. The average Bonchev–Trinajstić information content (AvgIpc) is 2.92. The molecule has 0 aliphatic carbocycles. The Bertz CT molecular complexity index is 904. The van der Waals surface area contributed by atoms with Gasteiger partial charge >= 0.3 is 7.60 Å². The van der Waals surface area contributed by atoms with Gasteiger partial charge in [-0.2, -0.15) is 0 Å². The van der Waals surface area contributed by atoms with E-state index in [1.54, 1.807) is 0 Å². The van der Waals surface area contributed by atoms with Crippen molar-refractivity contribution in [1.82, 2.24) is 4.90 Å². The molecule has 0 saturated carbocycles. The van der Waals surface area contributed by atoms with Gasteiger partial charge in [-0.25, -0.2) is 0 Å². The molecule has 0 amide bonds. The molecular formula is C32H60NO7PSi. The zero-order valence-electron chi connectivity index (χ0n) is 27.9. The lowest BCUT2D eigenvalue weighted by Gasteiger charge is -2.50. The minimum absolute atomic E-state index is 0.0261. The third kappa shape index (κ3) is 12.1. The molecule has 1 aliphatic heterocycles. The zero-order chi connectivity index (χ0) is 31.2. The van der Waals surface area contributed by atoms with Gasteiger partial charge in [0.05, 0.1) is 25.9 Å². The smallest absolute Gasteiger partial charge is 0.356 e. The van der Waals surface area contributed by atoms with Crippen LogP contribution in [-0.4, -0.2) is 83.4 Å². The minimum Gasteiger partial charge on any atom is -0.410 e. The van der Waals surface area contributed by atoms with Gasteiger partial charge in [0.15, 0.2) is 8.32 Å². The van der Waals surface area contributed by atoms with Crippen molar-refractivity contribution in [3.63, 3.8) is 0 Å². The van der Waals surface area contributed by atoms with Gasteiger partial charge in [0.1, 0.15) is 18.6 Å². The van der Waals surface area contributed by atoms with E-state index in [0.717, 1.165) is 57.6 Å². The molecule has 2 rings (SSSR count). The van der Waals surface area contributed by atoms with E-state index in [1.165, 1.54) is 0 Å². The Balaban J connectivity index is 2.32. The van der Waals surface area contributed by atoms with Crippen molar-refractivity contribution in [2.45, 2.75) is 123 Å². The van der Waals surface area contributed by atoms with Crippen LogP contribution in [0, 0.1) is 0 Å². The summed E-state index contributed by atoms with van der Waals surface area (Å²) in [6.07, 6.45) is 3.44. The van der Waals surface area contributed by atoms with E-state index in [-0.39, 0.29) is 42.8 Å². The van der Waals surface area contributed by atoms with E-state index in [0.29, 0.717) is 6.61 Å². The summed E-state index contributed by atoms with van der Waals surface area (Å²) in [6.45, 7) is 23.5. The van der Waals surface area contributed by atoms with Gasteiger partial charge in [-0.1, -0.05) is 63.9 Å². The van der Waals surface area contributed by atoms with E-state index >= 15 is 0 Å². The number of nitrogens with zero attached hydrogens (tertiary/aromatic N) is 1. The largest absolute Gasteiger partial charge is 0.410 e. The maximum atomic E-state index is 13.4. The van der Waals surface area contributed by atoms with Crippen LogP contribution in [-0.2, 0) is 38.9 Å². The molecule has 1 fully saturated rings. The molecule has 1 aliphatic rings. The Hall–Kier alpha value is -0.613. The van der Waals surface area contributed by atoms with Crippen LogP contribution in [0.1, 0.15) is 79.7 Å². The molecular weight excluding hydrogens is 569 g/mol. The molecule has 10 heteroatoms. The number of piperidine rings is 1. The average molecular weight is 630 g/mol. The molecule has 1 heterocycles. The second kappa shape index (κ2) is 18.4. The van der Waals surface area contributed by atoms with Crippen molar-refractivity contribution < 1.29 is 32.2 Å². The Morgan fingerprint density at radius 2 is 1.55 bits per heavy atom. The van der Waals surface area contributed by atoms with E-state index in [2.05, 4.69) is 57.8 Å². The van der Waals surface area contributed by atoms with E-state index in [9.17, 15) is 4.57 Å². The predicted octanol–water partition coefficient (Wildman–Crippen LogP) is 7.87. The summed E-state index contributed by atoms with van der Waals surface area (Å²) in [5, 5.41) is 0.0261. The van der Waals surface area contributed by atoms with Crippen LogP contribution in [0.3, 0.4) is 0 Å². The standard InChI is InChI=1S/C32H60NO7PSi/c1-10-35-23-19-14-13-18-22-33-24-29(40-42(8,9)32(5,6)7)31(37-26-41(34,38-11-2)39-12-3)30(27(33)4)36-25-28-20-16-15-17-21-28/h15-17,20-21,27,29-31H,10-14,18-19,22-26H2,1-9H3/t27-,29+,30+,31-/m1/s1. The van der Waals surface area contributed by atoms with Crippen LogP contribution in [0.4, 0.5) is 0 Å². The molecule has 1 aromatic carbocycles. The predicted molar refractivity (Wildman–Crippen MR) is 174 cm³/mol. The summed E-state index contributed by atoms with van der Waals surface area (Å²) in [5.41, 5.74) is 1.10. The first-order valence-corrected chi connectivity index (χ1v) is 20.7. The van der Waals surface area contributed by atoms with Crippen molar-refractivity contribution >= 4 is 15.9 Å². The van der Waals surface area contributed by atoms with E-state index in [4.69, 9.17) is 27.7 Å². The van der Waals surface area contributed by atoms with Crippen LogP contribution < -0.4 is 0 Å². The quantitative estimate of drug-likeness (QED) is 0.0820. The van der Waals surface area contributed by atoms with Crippen LogP contribution in [0.2, 0.25) is 18.1 Å². The summed E-state index contributed by atoms with van der Waals surface area (Å²) < 4.78 is 50.4. The van der Waals surface area contributed by atoms with Crippen molar-refractivity contribution in [1.29, 1.82) is 0 Å².